The van der Waals surface area contributed by atoms with Crippen LogP contribution in [0.25, 0.3) is 0 Å². The fraction of sp³-hybridized carbons (Fsp3) is 0.350. The van der Waals surface area contributed by atoms with Gasteiger partial charge in [-0.15, -0.1) is 11.8 Å². The largest absolute Gasteiger partial charge is 0.497 e. The highest BCUT2D eigenvalue weighted by molar-refractivity contribution is 7.99. The van der Waals surface area contributed by atoms with Crippen LogP contribution in [0.2, 0.25) is 0 Å². The molecule has 4 nitrogen and oxygen atoms in total. The Labute approximate surface area is 153 Å². The van der Waals surface area contributed by atoms with E-state index in [2.05, 4.69) is 41.8 Å². The number of ether oxygens (including phenoxy) is 1. The molecule has 5 heteroatoms. The number of carbonyl (C=O) groups is 1. The van der Waals surface area contributed by atoms with E-state index in [0.717, 1.165) is 23.6 Å². The highest BCUT2D eigenvalue weighted by Crippen LogP contribution is 2.36. The molecule has 0 fully saturated rings. The van der Waals surface area contributed by atoms with Crippen LogP contribution in [0.3, 0.4) is 0 Å². The molecule has 3 rings (SSSR count). The second-order valence-electron chi connectivity index (χ2n) is 6.28. The lowest BCUT2D eigenvalue weighted by atomic mass is 10.0. The quantitative estimate of drug-likeness (QED) is 0.813. The third-order valence-electron chi connectivity index (χ3n) is 4.29. The van der Waals surface area contributed by atoms with Gasteiger partial charge >= 0.3 is 0 Å². The fourth-order valence-corrected chi connectivity index (χ4v) is 4.23. The maximum absolute atomic E-state index is 12.3. The molecule has 2 aromatic rings. The van der Waals surface area contributed by atoms with Gasteiger partial charge in [-0.2, -0.15) is 0 Å². The van der Waals surface area contributed by atoms with Gasteiger partial charge in [0.25, 0.3) is 0 Å². The molecular weight excluding hydrogens is 332 g/mol. The van der Waals surface area contributed by atoms with Crippen molar-refractivity contribution in [2.45, 2.75) is 36.7 Å². The molecule has 1 aliphatic heterocycles. The first-order chi connectivity index (χ1) is 12.2. The van der Waals surface area contributed by atoms with Crippen LogP contribution >= 0.6 is 11.8 Å². The summed E-state index contributed by atoms with van der Waals surface area (Å²) in [6.07, 6.45) is 1.52. The Morgan fingerprint density at radius 3 is 2.96 bits per heavy atom. The molecule has 0 aromatic heterocycles. The number of methoxy groups -OCH3 is 1. The molecule has 0 spiro atoms. The molecule has 1 aliphatic rings. The summed E-state index contributed by atoms with van der Waals surface area (Å²) in [5.74, 6) is 1.85. The fourth-order valence-electron chi connectivity index (χ4n) is 3.11. The number of benzene rings is 2. The normalized spacial score (nSPS) is 17.4. The first kappa shape index (κ1) is 17.8. The predicted molar refractivity (Wildman–Crippen MR) is 103 cm³/mol. The summed E-state index contributed by atoms with van der Waals surface area (Å²) in [6, 6.07) is 16.4. The van der Waals surface area contributed by atoms with E-state index < -0.39 is 0 Å². The number of hydrogen-bond donors (Lipinski definition) is 2. The van der Waals surface area contributed by atoms with Crippen molar-refractivity contribution in [3.8, 4) is 5.75 Å². The highest BCUT2D eigenvalue weighted by atomic mass is 32.2. The Morgan fingerprint density at radius 2 is 2.12 bits per heavy atom. The van der Waals surface area contributed by atoms with Gasteiger partial charge in [-0.3, -0.25) is 4.79 Å². The standard InChI is InChI=1S/C20H24N2O2S/c1-14(12-20(23)22-15-6-5-7-16(13-15)24-2)21-18-10-11-25-19-9-4-3-8-17(18)19/h3-9,13-14,18,21H,10-12H2,1-2H3,(H,22,23)/t14-,18+/m0/s1. The van der Waals surface area contributed by atoms with E-state index in [0.29, 0.717) is 12.5 Å². The van der Waals surface area contributed by atoms with E-state index in [1.165, 1.54) is 10.5 Å². The first-order valence-corrected chi connectivity index (χ1v) is 9.56. The van der Waals surface area contributed by atoms with Gasteiger partial charge in [-0.05, 0) is 42.9 Å². The SMILES string of the molecule is COc1cccc(NC(=O)C[C@H](C)N[C@@H]2CCSc3ccccc32)c1. The Hall–Kier alpha value is -1.98. The average molecular weight is 356 g/mol. The molecule has 1 amide bonds. The van der Waals surface area contributed by atoms with Crippen LogP contribution in [0.4, 0.5) is 5.69 Å². The topological polar surface area (TPSA) is 50.4 Å². The number of thioether (sulfide) groups is 1. The van der Waals surface area contributed by atoms with Crippen molar-refractivity contribution in [2.75, 3.05) is 18.2 Å². The summed E-state index contributed by atoms with van der Waals surface area (Å²) in [6.45, 7) is 2.06. The molecule has 0 radical (unpaired) electrons. The maximum atomic E-state index is 12.3. The number of carbonyl (C=O) groups excluding carboxylic acids is 1. The lowest BCUT2D eigenvalue weighted by Crippen LogP contribution is -2.35. The van der Waals surface area contributed by atoms with Gasteiger partial charge in [0.2, 0.25) is 5.91 Å². The highest BCUT2D eigenvalue weighted by Gasteiger charge is 2.22. The third-order valence-corrected chi connectivity index (χ3v) is 5.41. The lowest BCUT2D eigenvalue weighted by Gasteiger charge is -2.28. The van der Waals surface area contributed by atoms with Gasteiger partial charge < -0.3 is 15.4 Å². The van der Waals surface area contributed by atoms with Crippen LogP contribution in [0.5, 0.6) is 5.75 Å². The zero-order valence-corrected chi connectivity index (χ0v) is 15.4. The Morgan fingerprint density at radius 1 is 1.28 bits per heavy atom. The van der Waals surface area contributed by atoms with Crippen molar-refractivity contribution in [3.63, 3.8) is 0 Å². The monoisotopic (exact) mass is 356 g/mol. The van der Waals surface area contributed by atoms with E-state index >= 15 is 0 Å². The number of fused-ring (bicyclic) bond motifs is 1. The molecule has 0 unspecified atom stereocenters. The number of amides is 1. The molecule has 2 aromatic carbocycles. The van der Waals surface area contributed by atoms with E-state index in [1.807, 2.05) is 36.0 Å². The van der Waals surface area contributed by atoms with Gasteiger partial charge in [0.15, 0.2) is 0 Å². The minimum Gasteiger partial charge on any atom is -0.497 e. The zero-order chi connectivity index (χ0) is 17.6. The van der Waals surface area contributed by atoms with Crippen LogP contribution in [0.1, 0.15) is 31.4 Å². The zero-order valence-electron chi connectivity index (χ0n) is 14.6. The van der Waals surface area contributed by atoms with Crippen LogP contribution in [0.15, 0.2) is 53.4 Å². The molecule has 0 bridgehead atoms. The summed E-state index contributed by atoms with van der Waals surface area (Å²) >= 11 is 1.91. The van der Waals surface area contributed by atoms with E-state index in [9.17, 15) is 4.79 Å². The summed E-state index contributed by atoms with van der Waals surface area (Å²) in [5.41, 5.74) is 2.11. The Balaban J connectivity index is 1.56. The van der Waals surface area contributed by atoms with E-state index in [1.54, 1.807) is 7.11 Å². The van der Waals surface area contributed by atoms with Gasteiger partial charge in [0.05, 0.1) is 7.11 Å². The number of anilines is 1. The lowest BCUT2D eigenvalue weighted by molar-refractivity contribution is -0.116. The van der Waals surface area contributed by atoms with Crippen molar-refractivity contribution in [3.05, 3.63) is 54.1 Å². The molecule has 132 valence electrons. The van der Waals surface area contributed by atoms with Gasteiger partial charge in [-0.25, -0.2) is 0 Å². The van der Waals surface area contributed by atoms with Gasteiger partial charge in [0.1, 0.15) is 5.75 Å². The van der Waals surface area contributed by atoms with Crippen molar-refractivity contribution in [2.24, 2.45) is 0 Å². The molecule has 2 atom stereocenters. The average Bonchev–Trinajstić information content (AvgIpc) is 2.62. The second-order valence-corrected chi connectivity index (χ2v) is 7.42. The molecule has 25 heavy (non-hydrogen) atoms. The minimum atomic E-state index is 0.00622. The van der Waals surface area contributed by atoms with E-state index in [4.69, 9.17) is 4.74 Å². The van der Waals surface area contributed by atoms with Crippen LogP contribution < -0.4 is 15.4 Å². The van der Waals surface area contributed by atoms with Crippen molar-refractivity contribution < 1.29 is 9.53 Å². The van der Waals surface area contributed by atoms with Crippen molar-refractivity contribution in [1.82, 2.24) is 5.32 Å². The van der Waals surface area contributed by atoms with E-state index in [-0.39, 0.29) is 11.9 Å². The van der Waals surface area contributed by atoms with Crippen LogP contribution in [-0.2, 0) is 4.79 Å². The molecular formula is C20H24N2O2S. The summed E-state index contributed by atoms with van der Waals surface area (Å²) in [5, 5.41) is 6.56. The summed E-state index contributed by atoms with van der Waals surface area (Å²) in [7, 11) is 1.62. The Kier molecular flexibility index (Phi) is 6.00. The molecule has 0 saturated carbocycles. The van der Waals surface area contributed by atoms with Gasteiger partial charge in [0, 0.05) is 35.2 Å². The van der Waals surface area contributed by atoms with Crippen LogP contribution in [-0.4, -0.2) is 24.8 Å². The molecule has 0 aliphatic carbocycles. The Bertz CT molecular complexity index is 735. The second kappa shape index (κ2) is 8.41. The maximum Gasteiger partial charge on any atom is 0.225 e. The number of hydrogen-bond acceptors (Lipinski definition) is 4. The molecule has 0 saturated heterocycles. The number of nitrogens with one attached hydrogen (secondary N) is 2. The molecule has 2 N–H and O–H groups in total. The van der Waals surface area contributed by atoms with Crippen molar-refractivity contribution >= 4 is 23.4 Å². The minimum absolute atomic E-state index is 0.00622. The summed E-state index contributed by atoms with van der Waals surface area (Å²) < 4.78 is 5.19. The van der Waals surface area contributed by atoms with Crippen molar-refractivity contribution in [1.29, 1.82) is 0 Å². The molecule has 1 heterocycles. The first-order valence-electron chi connectivity index (χ1n) is 8.57. The van der Waals surface area contributed by atoms with Gasteiger partial charge in [-0.1, -0.05) is 24.3 Å². The number of rotatable bonds is 6. The smallest absolute Gasteiger partial charge is 0.225 e. The predicted octanol–water partition coefficient (Wildman–Crippen LogP) is 4.24. The third kappa shape index (κ3) is 4.77. The summed E-state index contributed by atoms with van der Waals surface area (Å²) in [4.78, 5) is 13.7. The van der Waals surface area contributed by atoms with Crippen LogP contribution in [0, 0.1) is 0 Å².